The molecule has 3 nitrogen and oxygen atoms in total. The zero-order chi connectivity index (χ0) is 13.1. The second-order valence-electron chi connectivity index (χ2n) is 5.69. The molecule has 1 aromatic carbocycles. The average Bonchev–Trinajstić information content (AvgIpc) is 2.48. The first kappa shape index (κ1) is 12.7. The predicted molar refractivity (Wildman–Crippen MR) is 76.4 cm³/mol. The van der Waals surface area contributed by atoms with Crippen LogP contribution in [0.2, 0.25) is 0 Å². The van der Waals surface area contributed by atoms with E-state index in [0.717, 1.165) is 25.1 Å². The highest BCUT2D eigenvalue weighted by molar-refractivity contribution is 5.97. The van der Waals surface area contributed by atoms with Gasteiger partial charge in [0.1, 0.15) is 0 Å². The minimum absolute atomic E-state index is 0.0878. The summed E-state index contributed by atoms with van der Waals surface area (Å²) in [7, 11) is 0. The first-order valence-corrected chi connectivity index (χ1v) is 7.44. The number of hydrogen-bond donors (Lipinski definition) is 1. The highest BCUT2D eigenvalue weighted by Crippen LogP contribution is 2.27. The smallest absolute Gasteiger partial charge is 0.251 e. The Morgan fingerprint density at radius 3 is 2.79 bits per heavy atom. The van der Waals surface area contributed by atoms with Gasteiger partial charge in [-0.25, -0.2) is 0 Å². The van der Waals surface area contributed by atoms with Crippen LogP contribution in [0.3, 0.4) is 0 Å². The molecule has 19 heavy (non-hydrogen) atoms. The van der Waals surface area contributed by atoms with Gasteiger partial charge in [-0.2, -0.15) is 0 Å². The van der Waals surface area contributed by atoms with Crippen molar-refractivity contribution in [1.29, 1.82) is 0 Å². The summed E-state index contributed by atoms with van der Waals surface area (Å²) in [5, 5.41) is 3.02. The van der Waals surface area contributed by atoms with Crippen LogP contribution in [0.5, 0.6) is 0 Å². The third kappa shape index (κ3) is 2.81. The van der Waals surface area contributed by atoms with Gasteiger partial charge < -0.3 is 10.2 Å². The summed E-state index contributed by atoms with van der Waals surface area (Å²) in [6.45, 7) is 4.46. The molecule has 102 valence electrons. The van der Waals surface area contributed by atoms with E-state index >= 15 is 0 Å². The molecule has 0 aromatic heterocycles. The van der Waals surface area contributed by atoms with E-state index in [2.05, 4.69) is 16.3 Å². The number of rotatable bonds is 3. The molecule has 0 aliphatic carbocycles. The van der Waals surface area contributed by atoms with Crippen molar-refractivity contribution in [1.82, 2.24) is 10.2 Å². The van der Waals surface area contributed by atoms with Crippen molar-refractivity contribution in [2.45, 2.75) is 31.6 Å². The van der Waals surface area contributed by atoms with Gasteiger partial charge in [-0.15, -0.1) is 0 Å². The second kappa shape index (κ2) is 5.74. The molecule has 0 bridgehead atoms. The van der Waals surface area contributed by atoms with Crippen LogP contribution in [-0.2, 0) is 0 Å². The molecule has 3 heteroatoms. The Hall–Kier alpha value is -1.35. The summed E-state index contributed by atoms with van der Waals surface area (Å²) in [6, 6.07) is 8.06. The Bertz CT molecular complexity index is 452. The van der Waals surface area contributed by atoms with Gasteiger partial charge in [0.2, 0.25) is 0 Å². The standard InChI is InChI=1S/C16H22N2O/c19-16-15-7-3-2-6-14(15)13(12-17-16)8-11-18-9-4-1-5-10-18/h2-3,6-7,13H,1,4-5,8-12H2,(H,17,19). The van der Waals surface area contributed by atoms with E-state index < -0.39 is 0 Å². The van der Waals surface area contributed by atoms with Crippen LogP contribution in [0.4, 0.5) is 0 Å². The van der Waals surface area contributed by atoms with E-state index in [9.17, 15) is 4.79 Å². The van der Waals surface area contributed by atoms with Crippen molar-refractivity contribution in [3.8, 4) is 0 Å². The number of piperidine rings is 1. The lowest BCUT2D eigenvalue weighted by Gasteiger charge is -2.30. The maximum atomic E-state index is 11.8. The largest absolute Gasteiger partial charge is 0.351 e. The minimum Gasteiger partial charge on any atom is -0.351 e. The Morgan fingerprint density at radius 1 is 1.16 bits per heavy atom. The molecule has 1 fully saturated rings. The zero-order valence-electron chi connectivity index (χ0n) is 11.4. The topological polar surface area (TPSA) is 32.3 Å². The molecule has 2 aliphatic rings. The fourth-order valence-electron chi connectivity index (χ4n) is 3.26. The van der Waals surface area contributed by atoms with Crippen molar-refractivity contribution in [3.05, 3.63) is 35.4 Å². The fraction of sp³-hybridized carbons (Fsp3) is 0.562. The Labute approximate surface area is 115 Å². The lowest BCUT2D eigenvalue weighted by Crippen LogP contribution is -2.37. The maximum absolute atomic E-state index is 11.8. The van der Waals surface area contributed by atoms with Crippen LogP contribution in [-0.4, -0.2) is 37.0 Å². The van der Waals surface area contributed by atoms with Gasteiger partial charge in [-0.3, -0.25) is 4.79 Å². The van der Waals surface area contributed by atoms with Crippen molar-refractivity contribution in [3.63, 3.8) is 0 Å². The molecule has 1 saturated heterocycles. The third-order valence-electron chi connectivity index (χ3n) is 4.40. The maximum Gasteiger partial charge on any atom is 0.251 e. The van der Waals surface area contributed by atoms with Gasteiger partial charge in [0.15, 0.2) is 0 Å². The van der Waals surface area contributed by atoms with Crippen LogP contribution in [0.15, 0.2) is 24.3 Å². The number of nitrogens with zero attached hydrogens (tertiary/aromatic N) is 1. The normalized spacial score (nSPS) is 23.8. The van der Waals surface area contributed by atoms with Crippen molar-refractivity contribution in [2.75, 3.05) is 26.2 Å². The van der Waals surface area contributed by atoms with Crippen LogP contribution in [0, 0.1) is 0 Å². The van der Waals surface area contributed by atoms with E-state index in [4.69, 9.17) is 0 Å². The van der Waals surface area contributed by atoms with Gasteiger partial charge >= 0.3 is 0 Å². The molecule has 3 rings (SSSR count). The van der Waals surface area contributed by atoms with Gasteiger partial charge in [0.05, 0.1) is 0 Å². The zero-order valence-corrected chi connectivity index (χ0v) is 11.4. The molecule has 0 saturated carbocycles. The molecule has 0 spiro atoms. The third-order valence-corrected chi connectivity index (χ3v) is 4.40. The Kier molecular flexibility index (Phi) is 3.83. The van der Waals surface area contributed by atoms with Crippen molar-refractivity contribution < 1.29 is 4.79 Å². The number of hydrogen-bond acceptors (Lipinski definition) is 2. The van der Waals surface area contributed by atoms with Crippen LogP contribution >= 0.6 is 0 Å². The highest BCUT2D eigenvalue weighted by atomic mass is 16.1. The number of benzene rings is 1. The molecule has 1 atom stereocenters. The quantitative estimate of drug-likeness (QED) is 0.903. The predicted octanol–water partition coefficient (Wildman–Crippen LogP) is 2.39. The van der Waals surface area contributed by atoms with Gasteiger partial charge in [-0.05, 0) is 50.5 Å². The second-order valence-corrected chi connectivity index (χ2v) is 5.69. The van der Waals surface area contributed by atoms with Crippen LogP contribution in [0.1, 0.15) is 47.5 Å². The molecular weight excluding hydrogens is 236 g/mol. The average molecular weight is 258 g/mol. The molecule has 2 heterocycles. The lowest BCUT2D eigenvalue weighted by atomic mass is 9.88. The SMILES string of the molecule is O=C1NCC(CCN2CCCCC2)c2ccccc21. The van der Waals surface area contributed by atoms with Gasteiger partial charge in [-0.1, -0.05) is 24.6 Å². The molecular formula is C16H22N2O. The minimum atomic E-state index is 0.0878. The Morgan fingerprint density at radius 2 is 1.95 bits per heavy atom. The number of nitrogens with one attached hydrogen (secondary N) is 1. The summed E-state index contributed by atoms with van der Waals surface area (Å²) in [5.74, 6) is 0.570. The lowest BCUT2D eigenvalue weighted by molar-refractivity contribution is 0.0937. The summed E-state index contributed by atoms with van der Waals surface area (Å²) in [6.07, 6.45) is 5.23. The number of amides is 1. The number of carbonyl (C=O) groups excluding carboxylic acids is 1. The van der Waals surface area contributed by atoms with Crippen LogP contribution < -0.4 is 5.32 Å². The molecule has 2 aliphatic heterocycles. The van der Waals surface area contributed by atoms with E-state index in [1.807, 2.05) is 18.2 Å². The van der Waals surface area contributed by atoms with Gasteiger partial charge in [0.25, 0.3) is 5.91 Å². The van der Waals surface area contributed by atoms with Crippen LogP contribution in [0.25, 0.3) is 0 Å². The van der Waals surface area contributed by atoms with E-state index in [1.54, 1.807) is 0 Å². The van der Waals surface area contributed by atoms with E-state index in [1.165, 1.54) is 37.9 Å². The van der Waals surface area contributed by atoms with Crippen molar-refractivity contribution in [2.24, 2.45) is 0 Å². The molecule has 1 amide bonds. The first-order chi connectivity index (χ1) is 9.34. The molecule has 1 N–H and O–H groups in total. The summed E-state index contributed by atoms with van der Waals surface area (Å²) in [5.41, 5.74) is 2.11. The molecule has 1 aromatic rings. The number of fused-ring (bicyclic) bond motifs is 1. The van der Waals surface area contributed by atoms with Crippen molar-refractivity contribution >= 4 is 5.91 Å². The Balaban J connectivity index is 1.65. The monoisotopic (exact) mass is 258 g/mol. The van der Waals surface area contributed by atoms with E-state index in [-0.39, 0.29) is 5.91 Å². The summed E-state index contributed by atoms with van der Waals surface area (Å²) in [4.78, 5) is 14.4. The number of carbonyl (C=O) groups is 1. The molecule has 0 radical (unpaired) electrons. The number of likely N-dealkylation sites (tertiary alicyclic amines) is 1. The summed E-state index contributed by atoms with van der Waals surface area (Å²) >= 11 is 0. The fourth-order valence-corrected chi connectivity index (χ4v) is 3.26. The highest BCUT2D eigenvalue weighted by Gasteiger charge is 2.25. The summed E-state index contributed by atoms with van der Waals surface area (Å²) < 4.78 is 0. The molecule has 1 unspecified atom stereocenters. The van der Waals surface area contributed by atoms with Gasteiger partial charge in [0, 0.05) is 18.0 Å². The van der Waals surface area contributed by atoms with E-state index in [0.29, 0.717) is 5.92 Å². The first-order valence-electron chi connectivity index (χ1n) is 7.44.